The molecule has 0 saturated heterocycles. The van der Waals surface area contributed by atoms with E-state index in [4.69, 9.17) is 6.58 Å². The Hall–Kier alpha value is -2.34. The molecule has 2 aliphatic carbocycles. The Bertz CT molecular complexity index is 957. The predicted octanol–water partition coefficient (Wildman–Crippen LogP) is 9.68. The summed E-state index contributed by atoms with van der Waals surface area (Å²) in [6.07, 6.45) is 16.3. The van der Waals surface area contributed by atoms with Gasteiger partial charge in [-0.15, -0.1) is 0 Å². The molecule has 1 unspecified atom stereocenters. The van der Waals surface area contributed by atoms with Gasteiger partial charge in [-0.2, -0.15) is 0 Å². The van der Waals surface area contributed by atoms with E-state index < -0.39 is 0 Å². The van der Waals surface area contributed by atoms with E-state index in [0.717, 1.165) is 12.3 Å². The molecule has 2 aromatic rings. The predicted molar refractivity (Wildman–Crippen MR) is 148 cm³/mol. The van der Waals surface area contributed by atoms with Crippen LogP contribution in [0.1, 0.15) is 83.8 Å². The van der Waals surface area contributed by atoms with Crippen LogP contribution in [0.3, 0.4) is 0 Å². The maximum absolute atomic E-state index is 4.72. The molecule has 1 saturated carbocycles. The Balaban J connectivity index is 1.55. The van der Waals surface area contributed by atoms with Gasteiger partial charge in [-0.1, -0.05) is 119 Å². The van der Waals surface area contributed by atoms with Gasteiger partial charge in [-0.05, 0) is 84.8 Å². The highest BCUT2D eigenvalue weighted by atomic mass is 14.4. The average Bonchev–Trinajstić information content (AvgIpc) is 2.87. The summed E-state index contributed by atoms with van der Waals surface area (Å²) < 4.78 is 0. The van der Waals surface area contributed by atoms with E-state index in [1.54, 1.807) is 5.57 Å². The van der Waals surface area contributed by atoms with Crippen molar-refractivity contribution in [3.8, 4) is 0 Å². The molecule has 0 radical (unpaired) electrons. The molecule has 34 heavy (non-hydrogen) atoms. The minimum atomic E-state index is -0.123. The standard InChI is InChI=1S/C34H44/c1-26(2)28(4)34(31-12-8-6-9-13-31,32-14-10-7-11-15-32)25-22-29-20-23-33(5,24-21-29)30-18-16-27(3)17-19-30/h6-16,18-19,26-27,29H,4,17,20-25H2,1-3,5H3. The van der Waals surface area contributed by atoms with Crippen LogP contribution in [0.15, 0.2) is 96.6 Å². The van der Waals surface area contributed by atoms with Crippen molar-refractivity contribution in [3.63, 3.8) is 0 Å². The summed E-state index contributed by atoms with van der Waals surface area (Å²) in [6.45, 7) is 14.2. The Morgan fingerprint density at radius 3 is 2.00 bits per heavy atom. The van der Waals surface area contributed by atoms with Gasteiger partial charge in [0.2, 0.25) is 0 Å². The highest BCUT2D eigenvalue weighted by molar-refractivity contribution is 5.48. The molecule has 0 heterocycles. The lowest BCUT2D eigenvalue weighted by Crippen LogP contribution is -2.34. The third-order valence-corrected chi connectivity index (χ3v) is 8.93. The summed E-state index contributed by atoms with van der Waals surface area (Å²) in [5.74, 6) is 1.93. The van der Waals surface area contributed by atoms with Gasteiger partial charge in [0.1, 0.15) is 0 Å². The Morgan fingerprint density at radius 2 is 1.53 bits per heavy atom. The number of hydrogen-bond donors (Lipinski definition) is 0. The van der Waals surface area contributed by atoms with Gasteiger partial charge in [-0.3, -0.25) is 0 Å². The highest BCUT2D eigenvalue weighted by Crippen LogP contribution is 2.50. The maximum Gasteiger partial charge on any atom is 0.0411 e. The van der Waals surface area contributed by atoms with Gasteiger partial charge in [-0.25, -0.2) is 0 Å². The first-order valence-electron chi connectivity index (χ1n) is 13.5. The van der Waals surface area contributed by atoms with Crippen LogP contribution in [0.5, 0.6) is 0 Å². The second-order valence-corrected chi connectivity index (χ2v) is 11.6. The van der Waals surface area contributed by atoms with E-state index in [2.05, 4.69) is 107 Å². The van der Waals surface area contributed by atoms with E-state index in [9.17, 15) is 0 Å². The van der Waals surface area contributed by atoms with Gasteiger partial charge >= 0.3 is 0 Å². The Kier molecular flexibility index (Phi) is 7.66. The maximum atomic E-state index is 4.72. The largest absolute Gasteiger partial charge is 0.0984 e. The summed E-state index contributed by atoms with van der Waals surface area (Å²) >= 11 is 0. The van der Waals surface area contributed by atoms with Crippen LogP contribution in [0, 0.1) is 23.2 Å². The molecule has 0 spiro atoms. The number of benzene rings is 2. The molecule has 0 bridgehead atoms. The SMILES string of the molecule is C=C(C(C)C)C(CCC1CCC(C)(C2=CCC(C)C=C2)CC1)(c1ccccc1)c1ccccc1. The quantitative estimate of drug-likeness (QED) is 0.350. The average molecular weight is 453 g/mol. The van der Waals surface area contributed by atoms with Crippen molar-refractivity contribution in [2.24, 2.45) is 23.2 Å². The number of hydrogen-bond acceptors (Lipinski definition) is 0. The van der Waals surface area contributed by atoms with Crippen LogP contribution >= 0.6 is 0 Å². The summed E-state index contributed by atoms with van der Waals surface area (Å²) in [6, 6.07) is 22.3. The van der Waals surface area contributed by atoms with Crippen molar-refractivity contribution in [2.45, 2.75) is 78.1 Å². The smallest absolute Gasteiger partial charge is 0.0411 e. The second kappa shape index (κ2) is 10.5. The van der Waals surface area contributed by atoms with E-state index in [1.165, 1.54) is 55.2 Å². The number of allylic oxidation sites excluding steroid dienone is 5. The van der Waals surface area contributed by atoms with E-state index in [0.29, 0.717) is 17.3 Å². The van der Waals surface area contributed by atoms with Gasteiger partial charge in [0, 0.05) is 5.41 Å². The van der Waals surface area contributed by atoms with Crippen molar-refractivity contribution in [2.75, 3.05) is 0 Å². The molecule has 1 atom stereocenters. The molecule has 0 heteroatoms. The van der Waals surface area contributed by atoms with Crippen LogP contribution < -0.4 is 0 Å². The van der Waals surface area contributed by atoms with Crippen LogP contribution in [0.25, 0.3) is 0 Å². The zero-order valence-corrected chi connectivity index (χ0v) is 21.9. The summed E-state index contributed by atoms with van der Waals surface area (Å²) in [7, 11) is 0. The third-order valence-electron chi connectivity index (χ3n) is 8.93. The van der Waals surface area contributed by atoms with Crippen LogP contribution in [0.2, 0.25) is 0 Å². The first-order chi connectivity index (χ1) is 16.3. The van der Waals surface area contributed by atoms with Crippen LogP contribution in [-0.4, -0.2) is 0 Å². The third kappa shape index (κ3) is 5.02. The second-order valence-electron chi connectivity index (χ2n) is 11.6. The molecule has 180 valence electrons. The summed E-state index contributed by atoms with van der Waals surface area (Å²) in [5.41, 5.74) is 5.98. The van der Waals surface area contributed by atoms with Crippen LogP contribution in [0.4, 0.5) is 0 Å². The Labute approximate surface area is 208 Å². The lowest BCUT2D eigenvalue weighted by Gasteiger charge is -2.43. The molecular weight excluding hydrogens is 408 g/mol. The van der Waals surface area contributed by atoms with Crippen molar-refractivity contribution >= 4 is 0 Å². The molecule has 4 rings (SSSR count). The first-order valence-corrected chi connectivity index (χ1v) is 13.5. The van der Waals surface area contributed by atoms with Gasteiger partial charge in [0.05, 0.1) is 0 Å². The topological polar surface area (TPSA) is 0 Å². The van der Waals surface area contributed by atoms with Gasteiger partial charge < -0.3 is 0 Å². The van der Waals surface area contributed by atoms with Crippen molar-refractivity contribution in [3.05, 3.63) is 108 Å². The van der Waals surface area contributed by atoms with Crippen LogP contribution in [-0.2, 0) is 5.41 Å². The molecule has 1 fully saturated rings. The van der Waals surface area contributed by atoms with Crippen molar-refractivity contribution in [1.29, 1.82) is 0 Å². The normalized spacial score (nSPS) is 25.3. The fraction of sp³-hybridized carbons (Fsp3) is 0.471. The molecule has 0 nitrogen and oxygen atoms in total. The van der Waals surface area contributed by atoms with E-state index in [-0.39, 0.29) is 5.41 Å². The Morgan fingerprint density at radius 1 is 0.971 bits per heavy atom. The zero-order valence-electron chi connectivity index (χ0n) is 21.9. The molecule has 2 aliphatic rings. The lowest BCUT2D eigenvalue weighted by molar-refractivity contribution is 0.197. The number of rotatable bonds is 8. The molecule has 0 amide bonds. The first kappa shape index (κ1) is 24.8. The zero-order chi connectivity index (χ0) is 24.2. The van der Waals surface area contributed by atoms with Gasteiger partial charge in [0.25, 0.3) is 0 Å². The molecule has 0 aromatic heterocycles. The summed E-state index contributed by atoms with van der Waals surface area (Å²) in [4.78, 5) is 0. The van der Waals surface area contributed by atoms with E-state index >= 15 is 0 Å². The minimum absolute atomic E-state index is 0.123. The summed E-state index contributed by atoms with van der Waals surface area (Å²) in [5, 5.41) is 0. The highest BCUT2D eigenvalue weighted by Gasteiger charge is 2.40. The van der Waals surface area contributed by atoms with Crippen molar-refractivity contribution in [1.82, 2.24) is 0 Å². The fourth-order valence-electron chi connectivity index (χ4n) is 6.41. The lowest BCUT2D eigenvalue weighted by atomic mass is 9.61. The minimum Gasteiger partial charge on any atom is -0.0984 e. The molecular formula is C34H44. The fourth-order valence-corrected chi connectivity index (χ4v) is 6.41. The van der Waals surface area contributed by atoms with Crippen molar-refractivity contribution < 1.29 is 0 Å². The molecule has 0 N–H and O–H groups in total. The monoisotopic (exact) mass is 452 g/mol. The van der Waals surface area contributed by atoms with E-state index in [1.807, 2.05) is 0 Å². The molecule has 2 aromatic carbocycles. The van der Waals surface area contributed by atoms with Gasteiger partial charge in [0.15, 0.2) is 0 Å². The molecule has 0 aliphatic heterocycles.